The third-order valence-electron chi connectivity index (χ3n) is 2.25. The fourth-order valence-corrected chi connectivity index (χ4v) is 1.67. The number of hydrogen-bond acceptors (Lipinski definition) is 4. The van der Waals surface area contributed by atoms with E-state index in [1.807, 2.05) is 0 Å². The summed E-state index contributed by atoms with van der Waals surface area (Å²) in [7, 11) is 4.07. The minimum Gasteiger partial charge on any atom is -0.465 e. The van der Waals surface area contributed by atoms with Crippen LogP contribution in [-0.4, -0.2) is 27.3 Å². The second-order valence-corrected chi connectivity index (χ2v) is 3.94. The van der Waals surface area contributed by atoms with Gasteiger partial charge in [0.25, 0.3) is 5.79 Å². The number of benzene rings is 1. The first-order valence-electron chi connectivity index (χ1n) is 4.55. The SMILES string of the molecule is COC(=O)C(OC)(OC)c1ccc(Br)cc1. The van der Waals surface area contributed by atoms with Gasteiger partial charge in [-0.25, -0.2) is 4.79 Å². The Morgan fingerprint density at radius 3 is 2.00 bits per heavy atom. The first-order chi connectivity index (χ1) is 7.60. The second kappa shape index (κ2) is 5.43. The van der Waals surface area contributed by atoms with Gasteiger partial charge in [0.1, 0.15) is 0 Å². The Bertz CT molecular complexity index is 357. The predicted molar refractivity (Wildman–Crippen MR) is 61.9 cm³/mol. The van der Waals surface area contributed by atoms with E-state index in [4.69, 9.17) is 9.47 Å². The van der Waals surface area contributed by atoms with E-state index in [9.17, 15) is 4.79 Å². The molecule has 4 nitrogen and oxygen atoms in total. The molecule has 0 N–H and O–H groups in total. The van der Waals surface area contributed by atoms with Gasteiger partial charge in [-0.1, -0.05) is 28.1 Å². The van der Waals surface area contributed by atoms with E-state index < -0.39 is 11.8 Å². The zero-order chi connectivity index (χ0) is 12.2. The summed E-state index contributed by atoms with van der Waals surface area (Å²) in [6.07, 6.45) is 0. The number of carbonyl (C=O) groups excluding carboxylic acids is 1. The van der Waals surface area contributed by atoms with Crippen molar-refractivity contribution >= 4 is 21.9 Å². The Kier molecular flexibility index (Phi) is 4.46. The highest BCUT2D eigenvalue weighted by atomic mass is 79.9. The summed E-state index contributed by atoms with van der Waals surface area (Å²) in [5.41, 5.74) is 0.576. The van der Waals surface area contributed by atoms with Crippen molar-refractivity contribution in [2.45, 2.75) is 5.79 Å². The first kappa shape index (κ1) is 13.2. The smallest absolute Gasteiger partial charge is 0.371 e. The molecule has 0 heterocycles. The van der Waals surface area contributed by atoms with Crippen molar-refractivity contribution in [3.05, 3.63) is 34.3 Å². The fourth-order valence-electron chi connectivity index (χ4n) is 1.41. The molecular weight excluding hydrogens is 276 g/mol. The summed E-state index contributed by atoms with van der Waals surface area (Å²) < 4.78 is 15.9. The molecule has 1 aromatic carbocycles. The van der Waals surface area contributed by atoms with Gasteiger partial charge in [-0.3, -0.25) is 0 Å². The van der Waals surface area contributed by atoms with Crippen LogP contribution >= 0.6 is 15.9 Å². The summed E-state index contributed by atoms with van der Waals surface area (Å²) in [6, 6.07) is 7.05. The van der Waals surface area contributed by atoms with Gasteiger partial charge >= 0.3 is 5.97 Å². The fraction of sp³-hybridized carbons (Fsp3) is 0.364. The molecule has 5 heteroatoms. The molecule has 0 aromatic heterocycles. The van der Waals surface area contributed by atoms with Crippen molar-refractivity contribution in [2.75, 3.05) is 21.3 Å². The Morgan fingerprint density at radius 1 is 1.12 bits per heavy atom. The minimum absolute atomic E-state index is 0.576. The number of rotatable bonds is 4. The van der Waals surface area contributed by atoms with Gasteiger partial charge in [-0.05, 0) is 12.1 Å². The molecule has 0 saturated carbocycles. The van der Waals surface area contributed by atoms with E-state index in [-0.39, 0.29) is 0 Å². The Balaban J connectivity index is 3.20. The molecular formula is C11H13BrO4. The van der Waals surface area contributed by atoms with Crippen LogP contribution in [0.1, 0.15) is 5.56 Å². The molecule has 1 rings (SSSR count). The lowest BCUT2D eigenvalue weighted by Gasteiger charge is -2.27. The van der Waals surface area contributed by atoms with E-state index in [2.05, 4.69) is 20.7 Å². The molecule has 0 aliphatic carbocycles. The molecule has 0 aliphatic rings. The average Bonchev–Trinajstić information content (AvgIpc) is 2.33. The third-order valence-corrected chi connectivity index (χ3v) is 2.78. The molecule has 0 amide bonds. The zero-order valence-electron chi connectivity index (χ0n) is 9.32. The highest BCUT2D eigenvalue weighted by Gasteiger charge is 2.42. The maximum absolute atomic E-state index is 11.7. The zero-order valence-corrected chi connectivity index (χ0v) is 10.9. The molecule has 0 bridgehead atoms. The third kappa shape index (κ3) is 2.26. The van der Waals surface area contributed by atoms with Crippen LogP contribution in [-0.2, 0) is 24.8 Å². The van der Waals surface area contributed by atoms with Crippen LogP contribution in [0.4, 0.5) is 0 Å². The standard InChI is InChI=1S/C11H13BrO4/c1-14-10(13)11(15-2,16-3)8-4-6-9(12)7-5-8/h4-7H,1-3H3. The van der Waals surface area contributed by atoms with Gasteiger partial charge in [-0.2, -0.15) is 0 Å². The number of ether oxygens (including phenoxy) is 3. The maximum Gasteiger partial charge on any atom is 0.371 e. The first-order valence-corrected chi connectivity index (χ1v) is 5.34. The molecule has 0 aliphatic heterocycles. The number of halogens is 1. The van der Waals surface area contributed by atoms with E-state index in [1.165, 1.54) is 21.3 Å². The highest BCUT2D eigenvalue weighted by molar-refractivity contribution is 9.10. The van der Waals surface area contributed by atoms with Gasteiger partial charge in [0, 0.05) is 24.3 Å². The van der Waals surface area contributed by atoms with E-state index in [0.717, 1.165) is 4.47 Å². The number of hydrogen-bond donors (Lipinski definition) is 0. The van der Waals surface area contributed by atoms with Crippen molar-refractivity contribution in [1.82, 2.24) is 0 Å². The molecule has 0 unspecified atom stereocenters. The molecule has 88 valence electrons. The van der Waals surface area contributed by atoms with E-state index >= 15 is 0 Å². The van der Waals surface area contributed by atoms with Crippen LogP contribution in [0.25, 0.3) is 0 Å². The molecule has 0 spiro atoms. The summed E-state index contributed by atoms with van der Waals surface area (Å²) in [5.74, 6) is -2.10. The Labute approximate surface area is 103 Å². The van der Waals surface area contributed by atoms with Crippen LogP contribution in [0.15, 0.2) is 28.7 Å². The normalized spacial score (nSPS) is 11.2. The molecule has 0 radical (unpaired) electrons. The topological polar surface area (TPSA) is 44.8 Å². The lowest BCUT2D eigenvalue weighted by molar-refractivity contribution is -0.233. The lowest BCUT2D eigenvalue weighted by atomic mass is 10.1. The molecule has 0 atom stereocenters. The van der Waals surface area contributed by atoms with Gasteiger partial charge in [0.05, 0.1) is 7.11 Å². The van der Waals surface area contributed by atoms with Crippen LogP contribution in [0, 0.1) is 0 Å². The minimum atomic E-state index is -1.50. The largest absolute Gasteiger partial charge is 0.465 e. The van der Waals surface area contributed by atoms with E-state index in [1.54, 1.807) is 24.3 Å². The van der Waals surface area contributed by atoms with Crippen molar-refractivity contribution < 1.29 is 19.0 Å². The van der Waals surface area contributed by atoms with Crippen LogP contribution in [0.5, 0.6) is 0 Å². The van der Waals surface area contributed by atoms with Gasteiger partial charge in [0.15, 0.2) is 0 Å². The summed E-state index contributed by atoms with van der Waals surface area (Å²) in [4.78, 5) is 11.7. The maximum atomic E-state index is 11.7. The predicted octanol–water partition coefficient (Wildman–Crippen LogP) is 2.07. The monoisotopic (exact) mass is 288 g/mol. The molecule has 16 heavy (non-hydrogen) atoms. The van der Waals surface area contributed by atoms with Gasteiger partial charge < -0.3 is 14.2 Å². The Hall–Kier alpha value is -0.910. The highest BCUT2D eigenvalue weighted by Crippen LogP contribution is 2.28. The summed E-state index contributed by atoms with van der Waals surface area (Å²) in [6.45, 7) is 0. The summed E-state index contributed by atoms with van der Waals surface area (Å²) in [5, 5.41) is 0. The number of carbonyl (C=O) groups is 1. The van der Waals surface area contributed by atoms with Crippen LogP contribution in [0.2, 0.25) is 0 Å². The van der Waals surface area contributed by atoms with Crippen LogP contribution in [0.3, 0.4) is 0 Å². The van der Waals surface area contributed by atoms with Crippen LogP contribution < -0.4 is 0 Å². The Morgan fingerprint density at radius 2 is 1.62 bits per heavy atom. The molecule has 0 fully saturated rings. The van der Waals surface area contributed by atoms with Gasteiger partial charge in [-0.15, -0.1) is 0 Å². The molecule has 0 saturated heterocycles. The van der Waals surface area contributed by atoms with Gasteiger partial charge in [0.2, 0.25) is 0 Å². The number of methoxy groups -OCH3 is 3. The van der Waals surface area contributed by atoms with Crippen molar-refractivity contribution in [3.8, 4) is 0 Å². The molecule has 1 aromatic rings. The average molecular weight is 289 g/mol. The van der Waals surface area contributed by atoms with Crippen molar-refractivity contribution in [3.63, 3.8) is 0 Å². The number of esters is 1. The quantitative estimate of drug-likeness (QED) is 0.629. The summed E-state index contributed by atoms with van der Waals surface area (Å²) >= 11 is 3.31. The van der Waals surface area contributed by atoms with Crippen molar-refractivity contribution in [2.24, 2.45) is 0 Å². The second-order valence-electron chi connectivity index (χ2n) is 3.02. The lowest BCUT2D eigenvalue weighted by Crippen LogP contribution is -2.40. The van der Waals surface area contributed by atoms with Crippen molar-refractivity contribution in [1.29, 1.82) is 0 Å². The van der Waals surface area contributed by atoms with E-state index in [0.29, 0.717) is 5.56 Å².